The van der Waals surface area contributed by atoms with Crippen molar-refractivity contribution in [3.63, 3.8) is 0 Å². The van der Waals surface area contributed by atoms with E-state index in [-0.39, 0.29) is 16.6 Å². The van der Waals surface area contributed by atoms with Crippen LogP contribution in [0.1, 0.15) is 5.56 Å². The lowest BCUT2D eigenvalue weighted by Gasteiger charge is -2.08. The molecule has 21 heavy (non-hydrogen) atoms. The molecule has 2 aromatic rings. The minimum atomic E-state index is -3.69. The maximum atomic E-state index is 12.2. The van der Waals surface area contributed by atoms with Crippen molar-refractivity contribution in [1.29, 1.82) is 0 Å². The summed E-state index contributed by atoms with van der Waals surface area (Å²) in [5, 5.41) is 0.587. The van der Waals surface area contributed by atoms with Gasteiger partial charge in [0.05, 0.1) is 0 Å². The van der Waals surface area contributed by atoms with Crippen LogP contribution in [0.5, 0.6) is 0 Å². The molecule has 0 fully saturated rings. The second kappa shape index (κ2) is 7.07. The first kappa shape index (κ1) is 16.7. The Hall–Kier alpha value is -0.660. The van der Waals surface area contributed by atoms with Crippen molar-refractivity contribution in [2.75, 3.05) is 6.54 Å². The fourth-order valence-electron chi connectivity index (χ4n) is 1.65. The van der Waals surface area contributed by atoms with E-state index in [9.17, 15) is 8.42 Å². The zero-order valence-electron chi connectivity index (χ0n) is 10.7. The SMILES string of the molecule is O=S(=O)(NCCc1ccc(Cl)cc1)c1cc(Br)cnc1Cl. The molecule has 0 saturated heterocycles. The summed E-state index contributed by atoms with van der Waals surface area (Å²) in [5.74, 6) is 0. The number of nitrogens with one attached hydrogen (secondary N) is 1. The molecule has 0 radical (unpaired) electrons. The lowest BCUT2D eigenvalue weighted by atomic mass is 10.2. The molecule has 0 unspecified atom stereocenters. The van der Waals surface area contributed by atoms with Gasteiger partial charge in [-0.2, -0.15) is 0 Å². The van der Waals surface area contributed by atoms with Crippen molar-refractivity contribution in [3.8, 4) is 0 Å². The van der Waals surface area contributed by atoms with Crippen molar-refractivity contribution in [2.45, 2.75) is 11.3 Å². The van der Waals surface area contributed by atoms with Gasteiger partial charge in [-0.15, -0.1) is 0 Å². The topological polar surface area (TPSA) is 59.1 Å². The average Bonchev–Trinajstić information content (AvgIpc) is 2.43. The van der Waals surface area contributed by atoms with Gasteiger partial charge in [-0.25, -0.2) is 18.1 Å². The summed E-state index contributed by atoms with van der Waals surface area (Å²) >= 11 is 14.8. The number of halogens is 3. The van der Waals surface area contributed by atoms with Crippen LogP contribution in [0.2, 0.25) is 10.2 Å². The Kier molecular flexibility index (Phi) is 5.62. The molecule has 0 aliphatic carbocycles. The molecule has 8 heteroatoms. The molecule has 0 atom stereocenters. The van der Waals surface area contributed by atoms with Gasteiger partial charge in [0.1, 0.15) is 10.0 Å². The minimum Gasteiger partial charge on any atom is -0.242 e. The third-order valence-corrected chi connectivity index (χ3v) is 5.26. The molecule has 0 amide bonds. The molecule has 1 aromatic heterocycles. The monoisotopic (exact) mass is 408 g/mol. The zero-order chi connectivity index (χ0) is 15.5. The number of hydrogen-bond acceptors (Lipinski definition) is 3. The molecule has 1 N–H and O–H groups in total. The predicted molar refractivity (Wildman–Crippen MR) is 87.3 cm³/mol. The molecule has 112 valence electrons. The summed E-state index contributed by atoms with van der Waals surface area (Å²) in [6.07, 6.45) is 1.99. The van der Waals surface area contributed by atoms with Crippen LogP contribution in [0.15, 0.2) is 45.9 Å². The number of hydrogen-bond donors (Lipinski definition) is 1. The van der Waals surface area contributed by atoms with Crippen LogP contribution < -0.4 is 4.72 Å². The number of aromatic nitrogens is 1. The molecular weight excluding hydrogens is 399 g/mol. The Balaban J connectivity index is 2.04. The summed E-state index contributed by atoms with van der Waals surface area (Å²) in [7, 11) is -3.69. The van der Waals surface area contributed by atoms with E-state index in [0.717, 1.165) is 5.56 Å². The third-order valence-electron chi connectivity index (χ3n) is 2.68. The van der Waals surface area contributed by atoms with Gasteiger partial charge in [0.2, 0.25) is 10.0 Å². The van der Waals surface area contributed by atoms with Gasteiger partial charge in [0, 0.05) is 22.2 Å². The van der Waals surface area contributed by atoms with Gasteiger partial charge in [-0.1, -0.05) is 35.3 Å². The highest BCUT2D eigenvalue weighted by atomic mass is 79.9. The zero-order valence-corrected chi connectivity index (χ0v) is 14.6. The number of rotatable bonds is 5. The van der Waals surface area contributed by atoms with E-state index in [4.69, 9.17) is 23.2 Å². The Morgan fingerprint density at radius 3 is 2.52 bits per heavy atom. The maximum Gasteiger partial charge on any atom is 0.243 e. The van der Waals surface area contributed by atoms with Crippen molar-refractivity contribution < 1.29 is 8.42 Å². The first-order chi connectivity index (χ1) is 9.88. The predicted octanol–water partition coefficient (Wildman–Crippen LogP) is 3.67. The molecule has 2 rings (SSSR count). The minimum absolute atomic E-state index is 0.0466. The summed E-state index contributed by atoms with van der Waals surface area (Å²) in [6, 6.07) is 8.65. The van der Waals surface area contributed by atoms with E-state index in [0.29, 0.717) is 15.9 Å². The fraction of sp³-hybridized carbons (Fsp3) is 0.154. The molecular formula is C13H11BrCl2N2O2S. The largest absolute Gasteiger partial charge is 0.243 e. The van der Waals surface area contributed by atoms with E-state index < -0.39 is 10.0 Å². The lowest BCUT2D eigenvalue weighted by molar-refractivity contribution is 0.581. The molecule has 0 aliphatic rings. The lowest BCUT2D eigenvalue weighted by Crippen LogP contribution is -2.26. The third kappa shape index (κ3) is 4.66. The first-order valence-corrected chi connectivity index (χ1v) is 8.97. The van der Waals surface area contributed by atoms with Crippen LogP contribution in [-0.4, -0.2) is 19.9 Å². The number of nitrogens with zero attached hydrogens (tertiary/aromatic N) is 1. The Labute approximate surface area is 141 Å². The van der Waals surface area contributed by atoms with E-state index >= 15 is 0 Å². The normalized spacial score (nSPS) is 11.6. The fourth-order valence-corrected chi connectivity index (χ4v) is 3.75. The van der Waals surface area contributed by atoms with Crippen LogP contribution >= 0.6 is 39.1 Å². The van der Waals surface area contributed by atoms with Gasteiger partial charge in [-0.3, -0.25) is 0 Å². The Bertz CT molecular complexity index is 736. The molecule has 1 heterocycles. The summed E-state index contributed by atoms with van der Waals surface area (Å²) in [6.45, 7) is 0.257. The average molecular weight is 410 g/mol. The molecule has 4 nitrogen and oxygen atoms in total. The highest BCUT2D eigenvalue weighted by molar-refractivity contribution is 9.10. The van der Waals surface area contributed by atoms with E-state index in [2.05, 4.69) is 25.6 Å². The molecule has 0 aliphatic heterocycles. The summed E-state index contributed by atoms with van der Waals surface area (Å²) in [5.41, 5.74) is 0.987. The first-order valence-electron chi connectivity index (χ1n) is 5.93. The molecule has 0 saturated carbocycles. The van der Waals surface area contributed by atoms with Gasteiger partial charge in [-0.05, 0) is 46.1 Å². The second-order valence-corrected chi connectivity index (χ2v) is 7.66. The van der Waals surface area contributed by atoms with Gasteiger partial charge in [0.25, 0.3) is 0 Å². The van der Waals surface area contributed by atoms with Crippen LogP contribution in [0, 0.1) is 0 Å². The highest BCUT2D eigenvalue weighted by Crippen LogP contribution is 2.22. The number of sulfonamides is 1. The van der Waals surface area contributed by atoms with Crippen molar-refractivity contribution in [2.24, 2.45) is 0 Å². The summed E-state index contributed by atoms with van der Waals surface area (Å²) in [4.78, 5) is 3.76. The smallest absolute Gasteiger partial charge is 0.242 e. The van der Waals surface area contributed by atoms with Crippen LogP contribution in [0.4, 0.5) is 0 Å². The Morgan fingerprint density at radius 2 is 1.86 bits per heavy atom. The van der Waals surface area contributed by atoms with E-state index in [1.54, 1.807) is 12.1 Å². The van der Waals surface area contributed by atoms with Gasteiger partial charge in [0.15, 0.2) is 0 Å². The van der Waals surface area contributed by atoms with Crippen LogP contribution in [-0.2, 0) is 16.4 Å². The second-order valence-electron chi connectivity index (χ2n) is 4.22. The van der Waals surface area contributed by atoms with Gasteiger partial charge < -0.3 is 0 Å². The van der Waals surface area contributed by atoms with Crippen molar-refractivity contribution in [3.05, 3.63) is 56.7 Å². The van der Waals surface area contributed by atoms with Crippen LogP contribution in [0.25, 0.3) is 0 Å². The molecule has 0 spiro atoms. The Morgan fingerprint density at radius 1 is 1.19 bits per heavy atom. The van der Waals surface area contributed by atoms with Crippen molar-refractivity contribution >= 4 is 49.2 Å². The molecule has 0 bridgehead atoms. The quantitative estimate of drug-likeness (QED) is 0.766. The van der Waals surface area contributed by atoms with E-state index in [1.165, 1.54) is 12.3 Å². The van der Waals surface area contributed by atoms with Gasteiger partial charge >= 0.3 is 0 Å². The maximum absolute atomic E-state index is 12.2. The number of pyridine rings is 1. The van der Waals surface area contributed by atoms with E-state index in [1.807, 2.05) is 12.1 Å². The number of benzene rings is 1. The standard InChI is InChI=1S/C13H11BrCl2N2O2S/c14-10-7-12(13(16)17-8-10)21(19,20)18-6-5-9-1-3-11(15)4-2-9/h1-4,7-8,18H,5-6H2. The summed E-state index contributed by atoms with van der Waals surface area (Å²) < 4.78 is 27.4. The highest BCUT2D eigenvalue weighted by Gasteiger charge is 2.18. The van der Waals surface area contributed by atoms with Crippen molar-refractivity contribution in [1.82, 2.24) is 9.71 Å². The van der Waals surface area contributed by atoms with Crippen LogP contribution in [0.3, 0.4) is 0 Å². The molecule has 1 aromatic carbocycles.